The van der Waals surface area contributed by atoms with E-state index < -0.39 is 42.4 Å². The number of hydrogen-bond acceptors (Lipinski definition) is 3. The average molecular weight is 393 g/mol. The molecule has 0 saturated carbocycles. The third-order valence-electron chi connectivity index (χ3n) is 5.25. The van der Waals surface area contributed by atoms with E-state index in [0.717, 1.165) is 4.90 Å². The predicted molar refractivity (Wildman–Crippen MR) is 89.9 cm³/mol. The van der Waals surface area contributed by atoms with Crippen LogP contribution in [0.25, 0.3) is 0 Å². The lowest BCUT2D eigenvalue weighted by molar-refractivity contribution is -0.227. The third kappa shape index (κ3) is 4.47. The zero-order valence-corrected chi connectivity index (χ0v) is 15.5. The summed E-state index contributed by atoms with van der Waals surface area (Å²) < 4.78 is 39.9. The standard InChI is InChI=1S/C17H26F3N3O4/c1-11(2)8-21-15(27)22-6-3-4-12(9-22)13(24)23-7-5-16(10-23,14(25)26)17(18,19)20/h11-12H,3-10H2,1-2H3,(H,21,27)(H,25,26). The smallest absolute Gasteiger partial charge is 0.406 e. The second-order valence-corrected chi connectivity index (χ2v) is 7.76. The molecule has 0 radical (unpaired) electrons. The summed E-state index contributed by atoms with van der Waals surface area (Å²) in [7, 11) is 0. The minimum Gasteiger partial charge on any atom is -0.481 e. The number of hydrogen-bond donors (Lipinski definition) is 2. The van der Waals surface area contributed by atoms with Gasteiger partial charge in [-0.1, -0.05) is 13.8 Å². The van der Waals surface area contributed by atoms with Crippen LogP contribution in [0.4, 0.5) is 18.0 Å². The Morgan fingerprint density at radius 3 is 2.41 bits per heavy atom. The van der Waals surface area contributed by atoms with Crippen molar-refractivity contribution in [3.05, 3.63) is 0 Å². The number of alkyl halides is 3. The Hall–Kier alpha value is -2.00. The fourth-order valence-corrected chi connectivity index (χ4v) is 3.55. The first-order valence-electron chi connectivity index (χ1n) is 9.09. The molecule has 7 nitrogen and oxygen atoms in total. The lowest BCUT2D eigenvalue weighted by Crippen LogP contribution is -2.51. The topological polar surface area (TPSA) is 90.0 Å². The summed E-state index contributed by atoms with van der Waals surface area (Å²) in [5.74, 6) is -2.80. The molecule has 0 aromatic carbocycles. The van der Waals surface area contributed by atoms with Crippen LogP contribution in [-0.2, 0) is 9.59 Å². The molecule has 2 atom stereocenters. The van der Waals surface area contributed by atoms with Crippen molar-refractivity contribution in [2.75, 3.05) is 32.7 Å². The molecule has 2 saturated heterocycles. The summed E-state index contributed by atoms with van der Waals surface area (Å²) in [6.45, 7) is 3.88. The maximum atomic E-state index is 13.3. The molecule has 0 aliphatic carbocycles. The number of halogens is 3. The first-order chi connectivity index (χ1) is 12.5. The lowest BCUT2D eigenvalue weighted by Gasteiger charge is -2.34. The van der Waals surface area contributed by atoms with Crippen LogP contribution in [0.2, 0.25) is 0 Å². The maximum Gasteiger partial charge on any atom is 0.406 e. The molecule has 0 bridgehead atoms. The zero-order valence-electron chi connectivity index (χ0n) is 15.5. The highest BCUT2D eigenvalue weighted by Gasteiger charge is 2.64. The van der Waals surface area contributed by atoms with Crippen molar-refractivity contribution in [2.45, 2.75) is 39.3 Å². The van der Waals surface area contributed by atoms with Crippen molar-refractivity contribution in [2.24, 2.45) is 17.3 Å². The van der Waals surface area contributed by atoms with Gasteiger partial charge < -0.3 is 20.2 Å². The van der Waals surface area contributed by atoms with Gasteiger partial charge in [0.15, 0.2) is 5.41 Å². The second-order valence-electron chi connectivity index (χ2n) is 7.76. The average Bonchev–Trinajstić information content (AvgIpc) is 3.06. The molecule has 2 rings (SSSR count). The largest absolute Gasteiger partial charge is 0.481 e. The number of carbonyl (C=O) groups excluding carboxylic acids is 2. The maximum absolute atomic E-state index is 13.3. The van der Waals surface area contributed by atoms with Crippen LogP contribution in [0.3, 0.4) is 0 Å². The lowest BCUT2D eigenvalue weighted by atomic mass is 9.86. The highest BCUT2D eigenvalue weighted by Crippen LogP contribution is 2.46. The van der Waals surface area contributed by atoms with Crippen LogP contribution in [0.1, 0.15) is 33.1 Å². The molecular formula is C17H26F3N3O4. The molecule has 3 amide bonds. The van der Waals surface area contributed by atoms with Crippen LogP contribution >= 0.6 is 0 Å². The van der Waals surface area contributed by atoms with E-state index in [4.69, 9.17) is 5.11 Å². The summed E-state index contributed by atoms with van der Waals surface area (Å²) in [5, 5.41) is 11.9. The van der Waals surface area contributed by atoms with E-state index in [9.17, 15) is 27.6 Å². The van der Waals surface area contributed by atoms with E-state index in [-0.39, 0.29) is 25.0 Å². The van der Waals surface area contributed by atoms with Gasteiger partial charge in [-0.3, -0.25) is 9.59 Å². The zero-order chi connectivity index (χ0) is 20.4. The fraction of sp³-hybridized carbons (Fsp3) is 0.824. The summed E-state index contributed by atoms with van der Waals surface area (Å²) in [5.41, 5.74) is -2.91. The Morgan fingerprint density at radius 1 is 1.22 bits per heavy atom. The van der Waals surface area contributed by atoms with Gasteiger partial charge in [0.25, 0.3) is 0 Å². The summed E-state index contributed by atoms with van der Waals surface area (Å²) in [4.78, 5) is 38.6. The number of carboxylic acids is 1. The van der Waals surface area contributed by atoms with E-state index >= 15 is 0 Å². The van der Waals surface area contributed by atoms with Crippen LogP contribution in [-0.4, -0.2) is 71.7 Å². The van der Waals surface area contributed by atoms with E-state index in [1.807, 2.05) is 13.8 Å². The van der Waals surface area contributed by atoms with Gasteiger partial charge in [0.05, 0.1) is 5.92 Å². The highest BCUT2D eigenvalue weighted by atomic mass is 19.4. The Bertz CT molecular complexity index is 596. The molecule has 2 fully saturated rings. The Labute approximate surface area is 155 Å². The monoisotopic (exact) mass is 393 g/mol. The molecular weight excluding hydrogens is 367 g/mol. The van der Waals surface area contributed by atoms with Gasteiger partial charge in [-0.2, -0.15) is 13.2 Å². The van der Waals surface area contributed by atoms with Crippen LogP contribution in [0.5, 0.6) is 0 Å². The van der Waals surface area contributed by atoms with Gasteiger partial charge in [0, 0.05) is 32.7 Å². The molecule has 27 heavy (non-hydrogen) atoms. The molecule has 154 valence electrons. The summed E-state index contributed by atoms with van der Waals surface area (Å²) >= 11 is 0. The number of nitrogens with one attached hydrogen (secondary N) is 1. The van der Waals surface area contributed by atoms with Crippen molar-refractivity contribution in [1.29, 1.82) is 0 Å². The van der Waals surface area contributed by atoms with Crippen molar-refractivity contribution in [3.63, 3.8) is 0 Å². The van der Waals surface area contributed by atoms with Gasteiger partial charge in [-0.25, -0.2) is 4.79 Å². The molecule has 0 spiro atoms. The molecule has 0 aromatic rings. The second kappa shape index (κ2) is 7.93. The number of nitrogens with zero attached hydrogens (tertiary/aromatic N) is 2. The van der Waals surface area contributed by atoms with Gasteiger partial charge in [-0.15, -0.1) is 0 Å². The van der Waals surface area contributed by atoms with Gasteiger partial charge in [0.1, 0.15) is 0 Å². The predicted octanol–water partition coefficient (Wildman–Crippen LogP) is 1.93. The number of urea groups is 1. The minimum absolute atomic E-state index is 0.130. The van der Waals surface area contributed by atoms with Crippen LogP contribution < -0.4 is 5.32 Å². The molecule has 10 heteroatoms. The number of piperidine rings is 1. The molecule has 2 aliphatic heterocycles. The number of likely N-dealkylation sites (tertiary alicyclic amines) is 2. The van der Waals surface area contributed by atoms with E-state index in [1.165, 1.54) is 4.90 Å². The van der Waals surface area contributed by atoms with Gasteiger partial charge in [0.2, 0.25) is 5.91 Å². The van der Waals surface area contributed by atoms with Crippen molar-refractivity contribution in [1.82, 2.24) is 15.1 Å². The number of carboxylic acid groups (broad SMARTS) is 1. The summed E-state index contributed by atoms with van der Waals surface area (Å²) in [6, 6.07) is -0.294. The summed E-state index contributed by atoms with van der Waals surface area (Å²) in [6.07, 6.45) is -4.54. The van der Waals surface area contributed by atoms with E-state index in [2.05, 4.69) is 5.32 Å². The Morgan fingerprint density at radius 2 is 1.89 bits per heavy atom. The van der Waals surface area contributed by atoms with Crippen LogP contribution in [0, 0.1) is 17.3 Å². The Balaban J connectivity index is 2.01. The van der Waals surface area contributed by atoms with Crippen LogP contribution in [0.15, 0.2) is 0 Å². The van der Waals surface area contributed by atoms with Crippen molar-refractivity contribution < 1.29 is 32.7 Å². The molecule has 2 unspecified atom stereocenters. The van der Waals surface area contributed by atoms with Crippen molar-refractivity contribution in [3.8, 4) is 0 Å². The fourth-order valence-electron chi connectivity index (χ4n) is 3.55. The minimum atomic E-state index is -4.93. The number of carbonyl (C=O) groups is 3. The normalized spacial score (nSPS) is 26.4. The van der Waals surface area contributed by atoms with Gasteiger partial charge in [-0.05, 0) is 25.2 Å². The van der Waals surface area contributed by atoms with E-state index in [1.54, 1.807) is 0 Å². The SMILES string of the molecule is CC(C)CNC(=O)N1CCCC(C(=O)N2CCC(C(=O)O)(C(F)(F)F)C2)C1. The molecule has 2 aliphatic rings. The molecule has 2 N–H and O–H groups in total. The van der Waals surface area contributed by atoms with Gasteiger partial charge >= 0.3 is 18.2 Å². The van der Waals surface area contributed by atoms with E-state index in [0.29, 0.717) is 25.9 Å². The number of aliphatic carboxylic acids is 1. The third-order valence-corrected chi connectivity index (χ3v) is 5.25. The number of amides is 3. The Kier molecular flexibility index (Phi) is 6.26. The number of rotatable bonds is 4. The van der Waals surface area contributed by atoms with Crippen molar-refractivity contribution >= 4 is 17.9 Å². The first-order valence-corrected chi connectivity index (χ1v) is 9.09. The highest BCUT2D eigenvalue weighted by molar-refractivity contribution is 5.83. The quantitative estimate of drug-likeness (QED) is 0.764. The molecule has 2 heterocycles. The molecule has 0 aromatic heterocycles. The first kappa shape index (κ1) is 21.3.